The molecule has 5 rings (SSSR count). The van der Waals surface area contributed by atoms with Crippen LogP contribution >= 0.6 is 0 Å². The minimum atomic E-state index is 1.07. The fraction of sp³-hybridized carbons (Fsp3) is 0.480. The minimum absolute atomic E-state index is 1.07. The van der Waals surface area contributed by atoms with Gasteiger partial charge in [-0.3, -0.25) is 4.90 Å². The lowest BCUT2D eigenvalue weighted by Gasteiger charge is -2.35. The number of para-hydroxylation sites is 1. The van der Waals surface area contributed by atoms with E-state index < -0.39 is 0 Å². The van der Waals surface area contributed by atoms with Gasteiger partial charge in [0, 0.05) is 56.5 Å². The Morgan fingerprint density at radius 3 is 2.69 bits per heavy atom. The van der Waals surface area contributed by atoms with Crippen LogP contribution in [0.15, 0.2) is 36.5 Å². The fourth-order valence-electron chi connectivity index (χ4n) is 5.33. The van der Waals surface area contributed by atoms with E-state index in [4.69, 9.17) is 0 Å². The van der Waals surface area contributed by atoms with E-state index in [1.165, 1.54) is 42.3 Å². The van der Waals surface area contributed by atoms with Crippen molar-refractivity contribution in [2.24, 2.45) is 0 Å². The third-order valence-corrected chi connectivity index (χ3v) is 6.83. The molecule has 1 fully saturated rings. The molecule has 2 aliphatic rings. The molecule has 1 saturated heterocycles. The van der Waals surface area contributed by atoms with Crippen molar-refractivity contribution < 1.29 is 0 Å². The van der Waals surface area contributed by atoms with Gasteiger partial charge in [0.2, 0.25) is 0 Å². The average Bonchev–Trinajstić information content (AvgIpc) is 3.07. The monoisotopic (exact) mass is 388 g/mol. The Balaban J connectivity index is 1.29. The first kappa shape index (κ1) is 18.7. The number of hydrogen-bond acceptors (Lipinski definition) is 3. The lowest BCUT2D eigenvalue weighted by molar-refractivity contribution is 0.260. The highest BCUT2D eigenvalue weighted by atomic mass is 15.3. The molecule has 2 aliphatic heterocycles. The number of anilines is 1. The van der Waals surface area contributed by atoms with Crippen molar-refractivity contribution in [2.45, 2.75) is 46.1 Å². The van der Waals surface area contributed by atoms with Crippen molar-refractivity contribution in [1.29, 1.82) is 0 Å². The zero-order chi connectivity index (χ0) is 19.8. The first-order valence-corrected chi connectivity index (χ1v) is 11.3. The van der Waals surface area contributed by atoms with Gasteiger partial charge in [0.05, 0.1) is 5.52 Å². The summed E-state index contributed by atoms with van der Waals surface area (Å²) in [4.78, 5) is 9.64. The number of pyridine rings is 1. The van der Waals surface area contributed by atoms with E-state index in [-0.39, 0.29) is 0 Å². The number of rotatable bonds is 5. The Hall–Kier alpha value is -2.33. The van der Waals surface area contributed by atoms with Gasteiger partial charge in [-0.05, 0) is 61.4 Å². The number of piperazine rings is 1. The van der Waals surface area contributed by atoms with Crippen LogP contribution in [0.4, 0.5) is 5.82 Å². The number of aromatic nitrogens is 2. The second kappa shape index (κ2) is 7.83. The van der Waals surface area contributed by atoms with E-state index >= 15 is 0 Å². The standard InChI is InChI=1S/C25H32N4/c1-3-23-21(22-8-4-6-20-7-5-12-29(23)25(20)22)10-13-27-14-16-28(17-15-27)24-18-19(2)9-11-26-24/h4,6,8-9,11,18H,3,5,7,10,12-17H2,1-2H3. The summed E-state index contributed by atoms with van der Waals surface area (Å²) in [5, 5.41) is 1.52. The van der Waals surface area contributed by atoms with Gasteiger partial charge in [0.15, 0.2) is 0 Å². The summed E-state index contributed by atoms with van der Waals surface area (Å²) in [5.74, 6) is 1.13. The summed E-state index contributed by atoms with van der Waals surface area (Å²) in [7, 11) is 0. The van der Waals surface area contributed by atoms with Gasteiger partial charge in [-0.2, -0.15) is 0 Å². The molecule has 0 radical (unpaired) electrons. The molecule has 3 aromatic rings. The van der Waals surface area contributed by atoms with Crippen LogP contribution in [-0.4, -0.2) is 47.2 Å². The summed E-state index contributed by atoms with van der Waals surface area (Å²) < 4.78 is 2.63. The maximum Gasteiger partial charge on any atom is 0.128 e. The predicted molar refractivity (Wildman–Crippen MR) is 121 cm³/mol. The zero-order valence-corrected chi connectivity index (χ0v) is 17.8. The largest absolute Gasteiger partial charge is 0.354 e. The number of nitrogens with zero attached hydrogens (tertiary/aromatic N) is 4. The van der Waals surface area contributed by atoms with Crippen molar-refractivity contribution in [3.05, 3.63) is 58.9 Å². The van der Waals surface area contributed by atoms with Gasteiger partial charge in [-0.25, -0.2) is 4.98 Å². The summed E-state index contributed by atoms with van der Waals surface area (Å²) in [6, 6.07) is 11.2. The quantitative estimate of drug-likeness (QED) is 0.654. The van der Waals surface area contributed by atoms with Crippen LogP contribution in [0.3, 0.4) is 0 Å². The summed E-state index contributed by atoms with van der Waals surface area (Å²) in [5.41, 5.74) is 7.55. The maximum atomic E-state index is 4.57. The van der Waals surface area contributed by atoms with Gasteiger partial charge in [-0.15, -0.1) is 0 Å². The number of hydrogen-bond donors (Lipinski definition) is 0. The molecular weight excluding hydrogens is 356 g/mol. The smallest absolute Gasteiger partial charge is 0.128 e. The van der Waals surface area contributed by atoms with E-state index in [0.717, 1.165) is 45.0 Å². The van der Waals surface area contributed by atoms with Crippen molar-refractivity contribution in [1.82, 2.24) is 14.5 Å². The van der Waals surface area contributed by atoms with E-state index in [0.29, 0.717) is 0 Å². The van der Waals surface area contributed by atoms with Gasteiger partial charge in [0.25, 0.3) is 0 Å². The van der Waals surface area contributed by atoms with Crippen molar-refractivity contribution in [2.75, 3.05) is 37.6 Å². The van der Waals surface area contributed by atoms with Crippen LogP contribution in [0.5, 0.6) is 0 Å². The fourth-order valence-corrected chi connectivity index (χ4v) is 5.33. The molecule has 0 saturated carbocycles. The van der Waals surface area contributed by atoms with Crippen LogP contribution in [0.2, 0.25) is 0 Å². The average molecular weight is 389 g/mol. The van der Waals surface area contributed by atoms with Gasteiger partial charge in [0.1, 0.15) is 5.82 Å². The SMILES string of the molecule is CCc1c(CCN2CCN(c3cc(C)ccn3)CC2)c2cccc3c2n1CCC3. The van der Waals surface area contributed by atoms with E-state index in [1.807, 2.05) is 6.20 Å². The van der Waals surface area contributed by atoms with Crippen LogP contribution in [0, 0.1) is 6.92 Å². The molecule has 0 bridgehead atoms. The summed E-state index contributed by atoms with van der Waals surface area (Å²) in [6.45, 7) is 11.2. The molecule has 0 spiro atoms. The molecule has 4 heteroatoms. The Kier molecular flexibility index (Phi) is 5.04. The Labute approximate surface area is 174 Å². The van der Waals surface area contributed by atoms with Crippen LogP contribution in [-0.2, 0) is 25.8 Å². The topological polar surface area (TPSA) is 24.3 Å². The van der Waals surface area contributed by atoms with Crippen molar-refractivity contribution in [3.63, 3.8) is 0 Å². The highest BCUT2D eigenvalue weighted by Gasteiger charge is 2.22. The van der Waals surface area contributed by atoms with Gasteiger partial charge >= 0.3 is 0 Å². The maximum absolute atomic E-state index is 4.57. The molecule has 0 N–H and O–H groups in total. The van der Waals surface area contributed by atoms with Crippen molar-refractivity contribution >= 4 is 16.7 Å². The van der Waals surface area contributed by atoms with Crippen LogP contribution in [0.25, 0.3) is 10.9 Å². The third kappa shape index (κ3) is 3.44. The molecule has 152 valence electrons. The molecule has 0 atom stereocenters. The van der Waals surface area contributed by atoms with Crippen molar-refractivity contribution in [3.8, 4) is 0 Å². The van der Waals surface area contributed by atoms with Crippen LogP contribution < -0.4 is 4.90 Å². The molecular formula is C25H32N4. The molecule has 0 aliphatic carbocycles. The summed E-state index contributed by atoms with van der Waals surface area (Å²) in [6.07, 6.45) is 6.75. The van der Waals surface area contributed by atoms with E-state index in [1.54, 1.807) is 16.8 Å². The summed E-state index contributed by atoms with van der Waals surface area (Å²) >= 11 is 0. The molecule has 0 amide bonds. The molecule has 4 heterocycles. The normalized spacial score (nSPS) is 17.2. The molecule has 0 unspecified atom stereocenters. The van der Waals surface area contributed by atoms with Gasteiger partial charge < -0.3 is 9.47 Å². The lowest BCUT2D eigenvalue weighted by Crippen LogP contribution is -2.47. The molecule has 2 aromatic heterocycles. The Morgan fingerprint density at radius 1 is 1.03 bits per heavy atom. The predicted octanol–water partition coefficient (Wildman–Crippen LogP) is 4.22. The minimum Gasteiger partial charge on any atom is -0.354 e. The highest BCUT2D eigenvalue weighted by molar-refractivity contribution is 5.88. The molecule has 29 heavy (non-hydrogen) atoms. The van der Waals surface area contributed by atoms with E-state index in [2.05, 4.69) is 63.5 Å². The number of aryl methyl sites for hydroxylation is 3. The Morgan fingerprint density at radius 2 is 1.90 bits per heavy atom. The Bertz CT molecular complexity index is 1010. The number of benzene rings is 1. The lowest BCUT2D eigenvalue weighted by atomic mass is 10.0. The highest BCUT2D eigenvalue weighted by Crippen LogP contribution is 2.33. The molecule has 1 aromatic carbocycles. The van der Waals surface area contributed by atoms with E-state index in [9.17, 15) is 0 Å². The molecule has 4 nitrogen and oxygen atoms in total. The second-order valence-corrected chi connectivity index (χ2v) is 8.62. The third-order valence-electron chi connectivity index (χ3n) is 6.83. The van der Waals surface area contributed by atoms with Gasteiger partial charge in [-0.1, -0.05) is 25.1 Å². The second-order valence-electron chi connectivity index (χ2n) is 8.62. The first-order chi connectivity index (χ1) is 14.2. The first-order valence-electron chi connectivity index (χ1n) is 11.3. The zero-order valence-electron chi connectivity index (χ0n) is 17.8. The van der Waals surface area contributed by atoms with Crippen LogP contribution in [0.1, 0.15) is 35.7 Å².